The highest BCUT2D eigenvalue weighted by atomic mass is 32.2. The van der Waals surface area contributed by atoms with Crippen LogP contribution in [0.25, 0.3) is 0 Å². The minimum absolute atomic E-state index is 0.228. The lowest BCUT2D eigenvalue weighted by Crippen LogP contribution is -2.15. The molecule has 0 atom stereocenters. The van der Waals surface area contributed by atoms with E-state index in [9.17, 15) is 8.42 Å². The third-order valence-electron chi connectivity index (χ3n) is 3.10. The van der Waals surface area contributed by atoms with Crippen molar-refractivity contribution in [2.75, 3.05) is 4.72 Å². The van der Waals surface area contributed by atoms with Crippen LogP contribution in [0.1, 0.15) is 16.7 Å². The SMILES string of the molecule is C#CCc1cc(C)ccc1S(=O)(=O)Nc1ccc(C)cc1. The van der Waals surface area contributed by atoms with Gasteiger partial charge in [0.05, 0.1) is 4.90 Å². The van der Waals surface area contributed by atoms with Crippen LogP contribution in [-0.2, 0) is 16.4 Å². The van der Waals surface area contributed by atoms with Crippen LogP contribution >= 0.6 is 0 Å². The van der Waals surface area contributed by atoms with Crippen LogP contribution in [0.4, 0.5) is 5.69 Å². The number of sulfonamides is 1. The molecule has 0 fully saturated rings. The molecule has 3 nitrogen and oxygen atoms in total. The van der Waals surface area contributed by atoms with E-state index in [-0.39, 0.29) is 11.3 Å². The van der Waals surface area contributed by atoms with Crippen molar-refractivity contribution in [1.29, 1.82) is 0 Å². The van der Waals surface area contributed by atoms with E-state index >= 15 is 0 Å². The predicted molar refractivity (Wildman–Crippen MR) is 85.7 cm³/mol. The minimum Gasteiger partial charge on any atom is -0.280 e. The minimum atomic E-state index is -3.64. The summed E-state index contributed by atoms with van der Waals surface area (Å²) in [4.78, 5) is 0.228. The van der Waals surface area contributed by atoms with Crippen molar-refractivity contribution >= 4 is 15.7 Å². The van der Waals surface area contributed by atoms with Crippen LogP contribution in [0, 0.1) is 26.2 Å². The summed E-state index contributed by atoms with van der Waals surface area (Å²) < 4.78 is 27.6. The number of terminal acetylenes is 1. The van der Waals surface area contributed by atoms with Crippen LogP contribution in [0.5, 0.6) is 0 Å². The number of nitrogens with one attached hydrogen (secondary N) is 1. The van der Waals surface area contributed by atoms with E-state index in [1.54, 1.807) is 24.3 Å². The molecule has 0 aliphatic carbocycles. The van der Waals surface area contributed by atoms with Gasteiger partial charge in [-0.1, -0.05) is 35.4 Å². The van der Waals surface area contributed by atoms with Crippen LogP contribution in [0.3, 0.4) is 0 Å². The Kier molecular flexibility index (Phi) is 4.35. The van der Waals surface area contributed by atoms with E-state index in [4.69, 9.17) is 6.42 Å². The smallest absolute Gasteiger partial charge is 0.262 e. The van der Waals surface area contributed by atoms with Crippen LogP contribution in [0.2, 0.25) is 0 Å². The van der Waals surface area contributed by atoms with Gasteiger partial charge in [-0.05, 0) is 37.6 Å². The van der Waals surface area contributed by atoms with Gasteiger partial charge in [0.1, 0.15) is 0 Å². The van der Waals surface area contributed by atoms with E-state index in [0.717, 1.165) is 11.1 Å². The molecule has 2 aromatic carbocycles. The number of rotatable bonds is 4. The second-order valence-electron chi connectivity index (χ2n) is 4.96. The molecule has 2 aromatic rings. The molecule has 0 aliphatic heterocycles. The summed E-state index contributed by atoms with van der Waals surface area (Å²) in [7, 11) is -3.64. The number of hydrogen-bond donors (Lipinski definition) is 1. The summed E-state index contributed by atoms with van der Waals surface area (Å²) in [5.74, 6) is 2.50. The van der Waals surface area contributed by atoms with Gasteiger partial charge in [0.15, 0.2) is 0 Å². The maximum absolute atomic E-state index is 12.5. The Morgan fingerprint density at radius 3 is 2.29 bits per heavy atom. The quantitative estimate of drug-likeness (QED) is 0.881. The van der Waals surface area contributed by atoms with Crippen molar-refractivity contribution in [3.05, 3.63) is 59.2 Å². The fraction of sp³-hybridized carbons (Fsp3) is 0.176. The first-order valence-electron chi connectivity index (χ1n) is 6.55. The summed E-state index contributed by atoms with van der Waals surface area (Å²) in [5.41, 5.74) is 3.22. The molecule has 0 aromatic heterocycles. The van der Waals surface area contributed by atoms with E-state index in [1.165, 1.54) is 0 Å². The average molecular weight is 299 g/mol. The largest absolute Gasteiger partial charge is 0.280 e. The fourth-order valence-corrected chi connectivity index (χ4v) is 3.33. The Balaban J connectivity index is 2.40. The van der Waals surface area contributed by atoms with Gasteiger partial charge in [-0.15, -0.1) is 12.3 Å². The molecule has 108 valence electrons. The first-order chi connectivity index (χ1) is 9.92. The molecule has 0 amide bonds. The lowest BCUT2D eigenvalue weighted by molar-refractivity contribution is 0.600. The molecule has 21 heavy (non-hydrogen) atoms. The van der Waals surface area contributed by atoms with Gasteiger partial charge in [-0.25, -0.2) is 8.42 Å². The summed E-state index contributed by atoms with van der Waals surface area (Å²) in [6.45, 7) is 3.85. The van der Waals surface area contributed by atoms with Gasteiger partial charge in [0.2, 0.25) is 0 Å². The zero-order valence-corrected chi connectivity index (χ0v) is 12.9. The highest BCUT2D eigenvalue weighted by Crippen LogP contribution is 2.21. The van der Waals surface area contributed by atoms with Gasteiger partial charge in [-0.3, -0.25) is 4.72 Å². The van der Waals surface area contributed by atoms with Crippen molar-refractivity contribution in [3.63, 3.8) is 0 Å². The van der Waals surface area contributed by atoms with E-state index in [2.05, 4.69) is 10.6 Å². The van der Waals surface area contributed by atoms with Crippen molar-refractivity contribution in [2.45, 2.75) is 25.2 Å². The molecule has 0 saturated carbocycles. The first-order valence-corrected chi connectivity index (χ1v) is 8.03. The Hall–Kier alpha value is -2.25. The van der Waals surface area contributed by atoms with Gasteiger partial charge in [0.25, 0.3) is 10.0 Å². The van der Waals surface area contributed by atoms with Gasteiger partial charge < -0.3 is 0 Å². The summed E-state index contributed by atoms with van der Waals surface area (Å²) in [6, 6.07) is 12.4. The van der Waals surface area contributed by atoms with Crippen molar-refractivity contribution in [3.8, 4) is 12.3 Å². The van der Waals surface area contributed by atoms with Crippen LogP contribution < -0.4 is 4.72 Å². The van der Waals surface area contributed by atoms with Gasteiger partial charge >= 0.3 is 0 Å². The standard InChI is InChI=1S/C17H17NO2S/c1-4-5-15-12-14(3)8-11-17(15)21(19,20)18-16-9-6-13(2)7-10-16/h1,6-12,18H,5H2,2-3H3. The number of aryl methyl sites for hydroxylation is 2. The van der Waals surface area contributed by atoms with Crippen molar-refractivity contribution < 1.29 is 8.42 Å². The Morgan fingerprint density at radius 1 is 1.05 bits per heavy atom. The Labute approximate surface area is 126 Å². The number of hydrogen-bond acceptors (Lipinski definition) is 2. The van der Waals surface area contributed by atoms with E-state index < -0.39 is 10.0 Å². The molecule has 0 radical (unpaired) electrons. The Bertz CT molecular complexity index is 785. The molecule has 2 rings (SSSR count). The number of anilines is 1. The van der Waals surface area contributed by atoms with Gasteiger partial charge in [-0.2, -0.15) is 0 Å². The normalized spacial score (nSPS) is 10.9. The molecule has 0 bridgehead atoms. The average Bonchev–Trinajstić information content (AvgIpc) is 2.41. The zero-order valence-electron chi connectivity index (χ0n) is 12.1. The molecule has 0 unspecified atom stereocenters. The molecular formula is C17H17NO2S. The van der Waals surface area contributed by atoms with Crippen molar-refractivity contribution in [1.82, 2.24) is 0 Å². The highest BCUT2D eigenvalue weighted by Gasteiger charge is 2.18. The fourth-order valence-electron chi connectivity index (χ4n) is 2.05. The molecule has 0 saturated heterocycles. The Morgan fingerprint density at radius 2 is 1.67 bits per heavy atom. The molecule has 0 aliphatic rings. The molecular weight excluding hydrogens is 282 g/mol. The maximum Gasteiger partial charge on any atom is 0.262 e. The lowest BCUT2D eigenvalue weighted by atomic mass is 10.1. The van der Waals surface area contributed by atoms with Crippen LogP contribution in [0.15, 0.2) is 47.4 Å². The predicted octanol–water partition coefficient (Wildman–Crippen LogP) is 3.28. The highest BCUT2D eigenvalue weighted by molar-refractivity contribution is 7.92. The van der Waals surface area contributed by atoms with E-state index in [0.29, 0.717) is 11.3 Å². The molecule has 4 heteroatoms. The molecule has 0 spiro atoms. The van der Waals surface area contributed by atoms with Gasteiger partial charge in [0, 0.05) is 12.1 Å². The molecule has 1 N–H and O–H groups in total. The zero-order chi connectivity index (χ0) is 15.5. The maximum atomic E-state index is 12.5. The first kappa shape index (κ1) is 15.1. The van der Waals surface area contributed by atoms with E-state index in [1.807, 2.05) is 32.0 Å². The third kappa shape index (κ3) is 3.65. The lowest BCUT2D eigenvalue weighted by Gasteiger charge is -2.12. The van der Waals surface area contributed by atoms with Crippen LogP contribution in [-0.4, -0.2) is 8.42 Å². The third-order valence-corrected chi connectivity index (χ3v) is 4.58. The monoisotopic (exact) mass is 299 g/mol. The second-order valence-corrected chi connectivity index (χ2v) is 6.61. The summed E-state index contributed by atoms with van der Waals surface area (Å²) in [6.07, 6.45) is 5.61. The summed E-state index contributed by atoms with van der Waals surface area (Å²) >= 11 is 0. The summed E-state index contributed by atoms with van der Waals surface area (Å²) in [5, 5.41) is 0. The number of benzene rings is 2. The van der Waals surface area contributed by atoms with Crippen molar-refractivity contribution in [2.24, 2.45) is 0 Å². The molecule has 0 heterocycles. The topological polar surface area (TPSA) is 46.2 Å². The second kappa shape index (κ2) is 6.02.